The maximum Gasteiger partial charge on any atom is 1.00 e. The van der Waals surface area contributed by atoms with E-state index in [1.807, 2.05) is 0 Å². The molecule has 0 spiro atoms. The smallest absolute Gasteiger partial charge is 0.0590 e. The summed E-state index contributed by atoms with van der Waals surface area (Å²) in [6.45, 7) is 6.54. The van der Waals surface area contributed by atoms with E-state index in [-0.39, 0.29) is 1.43 Å². The first-order chi connectivity index (χ1) is 4.70. The average Bonchev–Trinajstić information content (AvgIpc) is 1.88. The lowest BCUT2D eigenvalue weighted by Gasteiger charge is -2.03. The van der Waals surface area contributed by atoms with Crippen LogP contribution in [0.4, 0.5) is 0 Å². The highest BCUT2D eigenvalue weighted by Crippen LogP contribution is 2.13. The molecule has 0 aliphatic rings. The summed E-state index contributed by atoms with van der Waals surface area (Å²) in [6.07, 6.45) is 0. The predicted octanol–water partition coefficient (Wildman–Crippen LogP) is 3.23. The number of hydrogen-bond acceptors (Lipinski definition) is 0. The van der Waals surface area contributed by atoms with E-state index in [4.69, 9.17) is 0 Å². The van der Waals surface area contributed by atoms with Crippen LogP contribution in [0.2, 0.25) is 0 Å². The summed E-state index contributed by atoms with van der Waals surface area (Å²) in [5, 5.41) is 0. The fourth-order valence-electron chi connectivity index (χ4n) is 0.951. The van der Waals surface area contributed by atoms with Crippen LogP contribution in [0.25, 0.3) is 0 Å². The number of benzene rings is 1. The van der Waals surface area contributed by atoms with E-state index in [0.717, 1.165) is 0 Å². The van der Waals surface area contributed by atoms with Crippen molar-refractivity contribution >= 4 is 0 Å². The van der Waals surface area contributed by atoms with Crippen LogP contribution >= 0.6 is 0 Å². The van der Waals surface area contributed by atoms with Crippen LogP contribution < -0.4 is 0 Å². The first kappa shape index (κ1) is 7.33. The Morgan fingerprint density at radius 2 is 1.60 bits per heavy atom. The van der Waals surface area contributed by atoms with E-state index >= 15 is 0 Å². The lowest BCUT2D eigenvalue weighted by atomic mass is 10.0. The molecule has 0 heteroatoms. The molecule has 0 aromatic heterocycles. The van der Waals surface area contributed by atoms with Gasteiger partial charge in [-0.1, -0.05) is 43.7 Å². The number of hydrogen-bond donors (Lipinski definition) is 0. The molecular weight excluding hydrogens is 120 g/mol. The molecule has 0 aliphatic carbocycles. The summed E-state index contributed by atoms with van der Waals surface area (Å²) >= 11 is 0. The molecule has 10 heavy (non-hydrogen) atoms. The van der Waals surface area contributed by atoms with Gasteiger partial charge >= 0.3 is 1.43 Å². The second-order valence-corrected chi connectivity index (χ2v) is 3.07. The standard InChI is InChI=1S/C10H14/c1-8(2)10-6-4-9(3)5-7-10/h4-8H,1-3H3/p+1. The molecule has 0 bridgehead atoms. The van der Waals surface area contributed by atoms with Crippen LogP contribution in [-0.4, -0.2) is 0 Å². The Balaban J connectivity index is 0.000001000. The molecule has 0 aliphatic heterocycles. The second kappa shape index (κ2) is 2.87. The maximum atomic E-state index is 2.21. The Hall–Kier alpha value is -0.780. The van der Waals surface area contributed by atoms with Crippen molar-refractivity contribution < 1.29 is 1.43 Å². The van der Waals surface area contributed by atoms with Gasteiger partial charge in [-0.25, -0.2) is 0 Å². The topological polar surface area (TPSA) is 0 Å². The molecule has 0 amide bonds. The zero-order valence-electron chi connectivity index (χ0n) is 7.89. The molecule has 0 N–H and O–H groups in total. The van der Waals surface area contributed by atoms with Crippen molar-refractivity contribution in [1.82, 2.24) is 0 Å². The fourth-order valence-corrected chi connectivity index (χ4v) is 0.951. The van der Waals surface area contributed by atoms with Crippen LogP contribution in [0.3, 0.4) is 0 Å². The van der Waals surface area contributed by atoms with Gasteiger partial charge in [-0.15, -0.1) is 0 Å². The van der Waals surface area contributed by atoms with Crippen LogP contribution in [-0.2, 0) is 0 Å². The molecule has 0 atom stereocenters. The summed E-state index contributed by atoms with van der Waals surface area (Å²) < 4.78 is 0. The quantitative estimate of drug-likeness (QED) is 0.554. The highest BCUT2D eigenvalue weighted by molar-refractivity contribution is 5.23. The molecule has 0 saturated carbocycles. The number of rotatable bonds is 1. The molecule has 1 rings (SSSR count). The fraction of sp³-hybridized carbons (Fsp3) is 0.400. The molecule has 0 nitrogen and oxygen atoms in total. The van der Waals surface area contributed by atoms with E-state index in [2.05, 4.69) is 45.0 Å². The third-order valence-electron chi connectivity index (χ3n) is 1.74. The van der Waals surface area contributed by atoms with E-state index in [1.54, 1.807) is 0 Å². The molecule has 54 valence electrons. The largest absolute Gasteiger partial charge is 1.00 e. The molecule has 0 saturated heterocycles. The lowest BCUT2D eigenvalue weighted by molar-refractivity contribution is 0.866. The summed E-state index contributed by atoms with van der Waals surface area (Å²) in [7, 11) is 0. The second-order valence-electron chi connectivity index (χ2n) is 3.07. The van der Waals surface area contributed by atoms with Crippen molar-refractivity contribution in [2.75, 3.05) is 0 Å². The van der Waals surface area contributed by atoms with E-state index in [0.29, 0.717) is 5.92 Å². The summed E-state index contributed by atoms with van der Waals surface area (Å²) in [5.74, 6) is 0.653. The van der Waals surface area contributed by atoms with Gasteiger partial charge in [-0.2, -0.15) is 0 Å². The first-order valence-electron chi connectivity index (χ1n) is 3.76. The zero-order valence-corrected chi connectivity index (χ0v) is 6.89. The van der Waals surface area contributed by atoms with Gasteiger partial charge in [0, 0.05) is 0 Å². The van der Waals surface area contributed by atoms with Gasteiger partial charge in [0.2, 0.25) is 0 Å². The Kier molecular flexibility index (Phi) is 2.10. The highest BCUT2D eigenvalue weighted by Gasteiger charge is 1.95. The summed E-state index contributed by atoms with van der Waals surface area (Å²) in [4.78, 5) is 0. The van der Waals surface area contributed by atoms with Crippen molar-refractivity contribution in [1.29, 1.82) is 0 Å². The summed E-state index contributed by atoms with van der Waals surface area (Å²) in [5.41, 5.74) is 2.76. The van der Waals surface area contributed by atoms with Gasteiger partial charge in [0.15, 0.2) is 0 Å². The third kappa shape index (κ3) is 1.60. The third-order valence-corrected chi connectivity index (χ3v) is 1.74. The van der Waals surface area contributed by atoms with E-state index in [1.165, 1.54) is 11.1 Å². The van der Waals surface area contributed by atoms with E-state index < -0.39 is 0 Å². The van der Waals surface area contributed by atoms with Gasteiger partial charge < -0.3 is 0 Å². The van der Waals surface area contributed by atoms with Crippen LogP contribution in [0.1, 0.15) is 32.3 Å². The first-order valence-corrected chi connectivity index (χ1v) is 3.76. The van der Waals surface area contributed by atoms with Gasteiger partial charge in [0.25, 0.3) is 0 Å². The van der Waals surface area contributed by atoms with E-state index in [9.17, 15) is 0 Å². The predicted molar refractivity (Wildman–Crippen MR) is 46.4 cm³/mol. The highest BCUT2D eigenvalue weighted by atomic mass is 14.0. The molecule has 0 unspecified atom stereocenters. The van der Waals surface area contributed by atoms with Gasteiger partial charge in [-0.05, 0) is 18.4 Å². The van der Waals surface area contributed by atoms with Crippen LogP contribution in [0, 0.1) is 6.92 Å². The van der Waals surface area contributed by atoms with Crippen molar-refractivity contribution in [3.8, 4) is 0 Å². The average molecular weight is 135 g/mol. The molecule has 0 fully saturated rings. The minimum Gasteiger partial charge on any atom is -0.0590 e. The molecular formula is C10H15+. The number of aryl methyl sites for hydroxylation is 1. The van der Waals surface area contributed by atoms with Crippen molar-refractivity contribution in [3.05, 3.63) is 35.4 Å². The van der Waals surface area contributed by atoms with Crippen molar-refractivity contribution in [2.45, 2.75) is 26.7 Å². The van der Waals surface area contributed by atoms with Crippen molar-refractivity contribution in [3.63, 3.8) is 0 Å². The Morgan fingerprint density at radius 3 is 2.00 bits per heavy atom. The van der Waals surface area contributed by atoms with Crippen LogP contribution in [0.5, 0.6) is 0 Å². The van der Waals surface area contributed by atoms with Gasteiger partial charge in [0.1, 0.15) is 0 Å². The van der Waals surface area contributed by atoms with Gasteiger partial charge in [0.05, 0.1) is 0 Å². The zero-order chi connectivity index (χ0) is 7.56. The minimum atomic E-state index is 0. The minimum absolute atomic E-state index is 0. The molecule has 0 heterocycles. The Morgan fingerprint density at radius 1 is 1.10 bits per heavy atom. The normalized spacial score (nSPS) is 10.4. The molecule has 0 radical (unpaired) electrons. The van der Waals surface area contributed by atoms with Crippen molar-refractivity contribution in [2.24, 2.45) is 0 Å². The maximum absolute atomic E-state index is 2.21. The lowest BCUT2D eigenvalue weighted by Crippen LogP contribution is -1.85. The Bertz CT molecular complexity index is 199. The molecule has 1 aromatic carbocycles. The molecule has 1 aromatic rings. The van der Waals surface area contributed by atoms with Gasteiger partial charge in [-0.3, -0.25) is 0 Å². The Labute approximate surface area is 64.4 Å². The monoisotopic (exact) mass is 135 g/mol. The SMILES string of the molecule is Cc1ccc(C(C)C)cc1.[H+]. The summed E-state index contributed by atoms with van der Waals surface area (Å²) in [6, 6.07) is 8.71. The van der Waals surface area contributed by atoms with Crippen LogP contribution in [0.15, 0.2) is 24.3 Å².